The minimum absolute atomic E-state index is 0.156. The molecule has 6 nitrogen and oxygen atoms in total. The minimum Gasteiger partial charge on any atom is -0.350 e. The lowest BCUT2D eigenvalue weighted by atomic mass is 10.1. The molecule has 0 aliphatic carbocycles. The fraction of sp³-hybridized carbons (Fsp3) is 0.458. The maximum atomic E-state index is 13.3. The zero-order valence-corrected chi connectivity index (χ0v) is 21.2. The number of nitrogens with zero attached hydrogens (tertiary/aromatic N) is 2. The van der Waals surface area contributed by atoms with Crippen LogP contribution in [0.15, 0.2) is 42.5 Å². The summed E-state index contributed by atoms with van der Waals surface area (Å²) in [5.41, 5.74) is 0.487. The van der Waals surface area contributed by atoms with Gasteiger partial charge in [0.05, 0.1) is 22.5 Å². The van der Waals surface area contributed by atoms with Crippen LogP contribution in [-0.2, 0) is 34.1 Å². The molecule has 1 saturated heterocycles. The summed E-state index contributed by atoms with van der Waals surface area (Å²) < 4.78 is 65.5. The van der Waals surface area contributed by atoms with Crippen LogP contribution in [0.4, 0.5) is 18.9 Å². The van der Waals surface area contributed by atoms with E-state index in [4.69, 9.17) is 11.6 Å². The van der Waals surface area contributed by atoms with Crippen molar-refractivity contribution in [3.05, 3.63) is 64.2 Å². The number of amides is 1. The number of piperidine rings is 1. The second kappa shape index (κ2) is 11.2. The molecule has 2 aromatic rings. The van der Waals surface area contributed by atoms with Crippen LogP contribution in [0.25, 0.3) is 0 Å². The van der Waals surface area contributed by atoms with Crippen LogP contribution in [0.2, 0.25) is 5.02 Å². The molecule has 35 heavy (non-hydrogen) atoms. The van der Waals surface area contributed by atoms with Gasteiger partial charge in [-0.2, -0.15) is 13.2 Å². The van der Waals surface area contributed by atoms with E-state index < -0.39 is 38.7 Å². The Morgan fingerprint density at radius 1 is 1.11 bits per heavy atom. The number of nitrogens with one attached hydrogen (secondary N) is 1. The fourth-order valence-electron chi connectivity index (χ4n) is 4.23. The van der Waals surface area contributed by atoms with E-state index in [0.717, 1.165) is 49.1 Å². The molecule has 1 N–H and O–H groups in total. The first kappa shape index (κ1) is 27.3. The summed E-state index contributed by atoms with van der Waals surface area (Å²) in [6.07, 6.45) is -0.326. The Morgan fingerprint density at radius 3 is 2.40 bits per heavy atom. The Hall–Kier alpha value is -2.30. The number of halogens is 4. The maximum absolute atomic E-state index is 13.3. The molecule has 0 radical (unpaired) electrons. The highest BCUT2D eigenvalue weighted by molar-refractivity contribution is 7.92. The van der Waals surface area contributed by atoms with Crippen LogP contribution in [0.5, 0.6) is 0 Å². The van der Waals surface area contributed by atoms with Gasteiger partial charge in [0, 0.05) is 13.1 Å². The number of anilines is 1. The standard InChI is InChI=1S/C24H29ClF3N3O3S/c1-17(31(35(2,33)34)20-9-10-22(25)21(14-20)24(26,27)28)23(32)29-15-18-7-6-8-19(13-18)16-30-11-4-3-5-12-30/h6-10,13-14,17H,3-5,11-12,15-16H2,1-2H3,(H,29,32)/t17-/m1/s1. The van der Waals surface area contributed by atoms with Crippen LogP contribution in [0.1, 0.15) is 42.9 Å². The summed E-state index contributed by atoms with van der Waals surface area (Å²) in [7, 11) is -4.09. The topological polar surface area (TPSA) is 69.7 Å². The van der Waals surface area contributed by atoms with E-state index >= 15 is 0 Å². The molecular weight excluding hydrogens is 503 g/mol. The highest BCUT2D eigenvalue weighted by atomic mass is 35.5. The van der Waals surface area contributed by atoms with Crippen molar-refractivity contribution >= 4 is 33.2 Å². The number of likely N-dealkylation sites (tertiary alicyclic amines) is 1. The van der Waals surface area contributed by atoms with Gasteiger partial charge in [0.2, 0.25) is 15.9 Å². The molecule has 1 atom stereocenters. The van der Waals surface area contributed by atoms with Crippen LogP contribution >= 0.6 is 11.6 Å². The number of hydrogen-bond acceptors (Lipinski definition) is 4. The first-order valence-corrected chi connectivity index (χ1v) is 13.5. The number of carbonyl (C=O) groups is 1. The first-order valence-electron chi connectivity index (χ1n) is 11.3. The maximum Gasteiger partial charge on any atom is 0.417 e. The van der Waals surface area contributed by atoms with Gasteiger partial charge < -0.3 is 5.32 Å². The quantitative estimate of drug-likeness (QED) is 0.530. The van der Waals surface area contributed by atoms with Gasteiger partial charge in [0.25, 0.3) is 0 Å². The van der Waals surface area contributed by atoms with E-state index in [9.17, 15) is 26.4 Å². The summed E-state index contributed by atoms with van der Waals surface area (Å²) in [4.78, 5) is 15.2. The average molecular weight is 532 g/mol. The average Bonchev–Trinajstić information content (AvgIpc) is 2.78. The first-order chi connectivity index (χ1) is 16.4. The Morgan fingerprint density at radius 2 is 1.77 bits per heavy atom. The monoisotopic (exact) mass is 531 g/mol. The smallest absolute Gasteiger partial charge is 0.350 e. The number of hydrogen-bond donors (Lipinski definition) is 1. The lowest BCUT2D eigenvalue weighted by Gasteiger charge is -2.29. The molecule has 192 valence electrons. The van der Waals surface area contributed by atoms with Crippen molar-refractivity contribution in [3.63, 3.8) is 0 Å². The van der Waals surface area contributed by atoms with Crippen molar-refractivity contribution < 1.29 is 26.4 Å². The van der Waals surface area contributed by atoms with Gasteiger partial charge >= 0.3 is 6.18 Å². The SMILES string of the molecule is C[C@H](C(=O)NCc1cccc(CN2CCCCC2)c1)N(c1ccc(Cl)c(C(F)(F)F)c1)S(C)(=O)=O. The lowest BCUT2D eigenvalue weighted by Crippen LogP contribution is -2.47. The molecule has 0 spiro atoms. The Balaban J connectivity index is 1.73. The summed E-state index contributed by atoms with van der Waals surface area (Å²) in [5.74, 6) is -0.639. The number of sulfonamides is 1. The third kappa shape index (κ3) is 7.35. The Kier molecular flexibility index (Phi) is 8.72. The van der Waals surface area contributed by atoms with E-state index in [-0.39, 0.29) is 12.2 Å². The molecule has 1 aliphatic rings. The summed E-state index contributed by atoms with van der Waals surface area (Å²) in [6, 6.07) is 9.23. The molecule has 0 aromatic heterocycles. The third-order valence-corrected chi connectivity index (χ3v) is 7.48. The van der Waals surface area contributed by atoms with E-state index in [1.54, 1.807) is 0 Å². The molecule has 1 fully saturated rings. The van der Waals surface area contributed by atoms with Crippen LogP contribution in [-0.4, -0.2) is 44.6 Å². The molecule has 0 unspecified atom stereocenters. The molecule has 1 aliphatic heterocycles. The molecular formula is C24H29ClF3N3O3S. The van der Waals surface area contributed by atoms with Gasteiger partial charge in [0.1, 0.15) is 6.04 Å². The van der Waals surface area contributed by atoms with Crippen molar-refractivity contribution in [2.45, 2.75) is 51.5 Å². The zero-order valence-electron chi connectivity index (χ0n) is 19.6. The lowest BCUT2D eigenvalue weighted by molar-refractivity contribution is -0.137. The fourth-order valence-corrected chi connectivity index (χ4v) is 5.62. The van der Waals surface area contributed by atoms with Crippen LogP contribution < -0.4 is 9.62 Å². The number of carbonyl (C=O) groups excluding carboxylic acids is 1. The molecule has 1 amide bonds. The van der Waals surface area contributed by atoms with Gasteiger partial charge in [-0.1, -0.05) is 42.3 Å². The van der Waals surface area contributed by atoms with Crippen LogP contribution in [0.3, 0.4) is 0 Å². The normalized spacial score (nSPS) is 16.1. The van der Waals surface area contributed by atoms with Crippen molar-refractivity contribution in [1.82, 2.24) is 10.2 Å². The Labute approximate surface area is 209 Å². The molecule has 1 heterocycles. The van der Waals surface area contributed by atoms with E-state index in [1.807, 2.05) is 24.3 Å². The zero-order chi connectivity index (χ0) is 25.8. The number of alkyl halides is 3. The largest absolute Gasteiger partial charge is 0.417 e. The number of benzene rings is 2. The van der Waals surface area contributed by atoms with Gasteiger partial charge in [-0.3, -0.25) is 14.0 Å². The summed E-state index contributed by atoms with van der Waals surface area (Å²) in [5, 5.41) is 2.14. The molecule has 11 heteroatoms. The van der Waals surface area contributed by atoms with Crippen molar-refractivity contribution in [1.29, 1.82) is 0 Å². The number of rotatable bonds is 8. The third-order valence-electron chi connectivity index (χ3n) is 5.91. The predicted octanol–water partition coefficient (Wildman–Crippen LogP) is 4.82. The minimum atomic E-state index is -4.78. The van der Waals surface area contributed by atoms with Crippen molar-refractivity contribution in [2.24, 2.45) is 0 Å². The highest BCUT2D eigenvalue weighted by Gasteiger charge is 2.36. The summed E-state index contributed by atoms with van der Waals surface area (Å²) >= 11 is 5.66. The van der Waals surface area contributed by atoms with Gasteiger partial charge in [-0.05, 0) is 62.2 Å². The van der Waals surface area contributed by atoms with E-state index in [0.29, 0.717) is 10.4 Å². The second-order valence-electron chi connectivity index (χ2n) is 8.77. The van der Waals surface area contributed by atoms with Gasteiger partial charge in [-0.25, -0.2) is 8.42 Å². The van der Waals surface area contributed by atoms with Crippen LogP contribution in [0, 0.1) is 0 Å². The molecule has 0 bridgehead atoms. The Bertz CT molecular complexity index is 1150. The van der Waals surface area contributed by atoms with E-state index in [2.05, 4.69) is 10.2 Å². The van der Waals surface area contributed by atoms with Crippen molar-refractivity contribution in [3.8, 4) is 0 Å². The second-order valence-corrected chi connectivity index (χ2v) is 11.0. The predicted molar refractivity (Wildman–Crippen MR) is 131 cm³/mol. The van der Waals surface area contributed by atoms with Crippen molar-refractivity contribution in [2.75, 3.05) is 23.7 Å². The molecule has 2 aromatic carbocycles. The molecule has 0 saturated carbocycles. The highest BCUT2D eigenvalue weighted by Crippen LogP contribution is 2.37. The van der Waals surface area contributed by atoms with Gasteiger partial charge in [-0.15, -0.1) is 0 Å². The van der Waals surface area contributed by atoms with E-state index in [1.165, 1.54) is 26.2 Å². The van der Waals surface area contributed by atoms with Gasteiger partial charge in [0.15, 0.2) is 0 Å². The summed E-state index contributed by atoms with van der Waals surface area (Å²) in [6.45, 7) is 4.41. The molecule has 3 rings (SSSR count).